The molecule has 146 valence electrons. The Labute approximate surface area is 174 Å². The van der Waals surface area contributed by atoms with Gasteiger partial charge in [0.05, 0.1) is 13.0 Å². The number of carbonyl (C=O) groups is 1. The summed E-state index contributed by atoms with van der Waals surface area (Å²) in [6, 6.07) is 16.9. The molecule has 2 aliphatic rings. The number of nitrogens with two attached hydrogens (primary N) is 1. The summed E-state index contributed by atoms with van der Waals surface area (Å²) in [6.45, 7) is 0. The van der Waals surface area contributed by atoms with Crippen LogP contribution in [0.5, 0.6) is 5.75 Å². The number of methoxy groups -OCH3 is 1. The number of nitriles is 1. The Morgan fingerprint density at radius 2 is 1.90 bits per heavy atom. The Hall–Kier alpha value is -3.23. The van der Waals surface area contributed by atoms with E-state index in [2.05, 4.69) is 6.07 Å². The van der Waals surface area contributed by atoms with Crippen molar-refractivity contribution in [3.8, 4) is 11.8 Å². The number of ether oxygens (including phenoxy) is 2. The van der Waals surface area contributed by atoms with Crippen molar-refractivity contribution in [2.24, 2.45) is 5.73 Å². The maximum Gasteiger partial charge on any atom is 0.205 e. The van der Waals surface area contributed by atoms with Gasteiger partial charge in [-0.3, -0.25) is 4.79 Å². The van der Waals surface area contributed by atoms with Crippen LogP contribution in [0.4, 0.5) is 0 Å². The molecular formula is C23H19ClN2O3. The van der Waals surface area contributed by atoms with E-state index >= 15 is 0 Å². The first-order valence-electron chi connectivity index (χ1n) is 9.25. The lowest BCUT2D eigenvalue weighted by Gasteiger charge is -2.34. The topological polar surface area (TPSA) is 85.3 Å². The van der Waals surface area contributed by atoms with Gasteiger partial charge < -0.3 is 15.2 Å². The van der Waals surface area contributed by atoms with Gasteiger partial charge >= 0.3 is 0 Å². The molecule has 1 aliphatic heterocycles. The van der Waals surface area contributed by atoms with Gasteiger partial charge in [0, 0.05) is 23.4 Å². The van der Waals surface area contributed by atoms with Crippen LogP contribution in [0.3, 0.4) is 0 Å². The van der Waals surface area contributed by atoms with E-state index < -0.39 is 5.92 Å². The number of nitrogens with zero attached hydrogens (tertiary/aromatic N) is 1. The summed E-state index contributed by atoms with van der Waals surface area (Å²) in [7, 11) is 1.59. The first kappa shape index (κ1) is 19.1. The van der Waals surface area contributed by atoms with E-state index in [1.54, 1.807) is 19.2 Å². The molecule has 4 rings (SSSR count). The molecule has 2 aromatic rings. The highest BCUT2D eigenvalue weighted by Crippen LogP contribution is 2.47. The molecule has 29 heavy (non-hydrogen) atoms. The predicted octanol–water partition coefficient (Wildman–Crippen LogP) is 4.56. The molecule has 6 heteroatoms. The third-order valence-corrected chi connectivity index (χ3v) is 5.80. The van der Waals surface area contributed by atoms with Gasteiger partial charge in [-0.15, -0.1) is 0 Å². The van der Waals surface area contributed by atoms with Crippen molar-refractivity contribution in [2.75, 3.05) is 7.11 Å². The lowest BCUT2D eigenvalue weighted by Crippen LogP contribution is -2.30. The van der Waals surface area contributed by atoms with Gasteiger partial charge in [0.1, 0.15) is 23.2 Å². The van der Waals surface area contributed by atoms with Crippen LogP contribution >= 0.6 is 11.6 Å². The molecule has 2 atom stereocenters. The Morgan fingerprint density at radius 1 is 1.17 bits per heavy atom. The number of hydrogen-bond acceptors (Lipinski definition) is 5. The number of halogens is 1. The highest BCUT2D eigenvalue weighted by atomic mass is 35.5. The van der Waals surface area contributed by atoms with Crippen molar-refractivity contribution in [1.29, 1.82) is 5.26 Å². The Balaban J connectivity index is 1.78. The SMILES string of the molecule is COc1ccc(C2C(C#N)=C(N)OC3=C2C(=O)CC(c2ccccc2Cl)C3)cc1. The lowest BCUT2D eigenvalue weighted by atomic mass is 9.73. The van der Waals surface area contributed by atoms with Crippen LogP contribution in [0.1, 0.15) is 35.8 Å². The summed E-state index contributed by atoms with van der Waals surface area (Å²) in [5, 5.41) is 10.3. The van der Waals surface area contributed by atoms with Crippen LogP contribution in [-0.4, -0.2) is 12.9 Å². The molecule has 2 unspecified atom stereocenters. The van der Waals surface area contributed by atoms with Gasteiger partial charge in [0.15, 0.2) is 5.78 Å². The number of benzene rings is 2. The van der Waals surface area contributed by atoms with Crippen molar-refractivity contribution < 1.29 is 14.3 Å². The summed E-state index contributed by atoms with van der Waals surface area (Å²) < 4.78 is 11.0. The molecule has 1 aliphatic carbocycles. The average molecular weight is 407 g/mol. The molecule has 0 aromatic heterocycles. The molecule has 0 amide bonds. The minimum Gasteiger partial charge on any atom is -0.497 e. The molecule has 0 saturated carbocycles. The fourth-order valence-corrected chi connectivity index (χ4v) is 4.35. The summed E-state index contributed by atoms with van der Waals surface area (Å²) in [5.74, 6) is 0.553. The summed E-state index contributed by atoms with van der Waals surface area (Å²) in [4.78, 5) is 13.2. The van der Waals surface area contributed by atoms with Crippen LogP contribution in [0, 0.1) is 11.3 Å². The van der Waals surface area contributed by atoms with E-state index in [0.29, 0.717) is 34.9 Å². The standard InChI is InChI=1S/C23H19ClN2O3/c1-28-15-8-6-13(7-9-15)21-17(12-25)23(26)29-20-11-14(10-19(27)22(20)21)16-4-2-3-5-18(16)24/h2-9,14,21H,10-11,26H2,1H3. The Kier molecular flexibility index (Phi) is 5.04. The van der Waals surface area contributed by atoms with Crippen LogP contribution in [0.25, 0.3) is 0 Å². The van der Waals surface area contributed by atoms with Crippen molar-refractivity contribution in [2.45, 2.75) is 24.7 Å². The van der Waals surface area contributed by atoms with Gasteiger partial charge in [-0.25, -0.2) is 0 Å². The zero-order valence-electron chi connectivity index (χ0n) is 15.8. The van der Waals surface area contributed by atoms with Crippen molar-refractivity contribution in [1.82, 2.24) is 0 Å². The van der Waals surface area contributed by atoms with Gasteiger partial charge in [-0.1, -0.05) is 41.9 Å². The minimum absolute atomic E-state index is 0.0414. The maximum atomic E-state index is 13.2. The van der Waals surface area contributed by atoms with Crippen LogP contribution in [0.2, 0.25) is 5.02 Å². The molecule has 5 nitrogen and oxygen atoms in total. The van der Waals surface area contributed by atoms with Crippen LogP contribution in [-0.2, 0) is 9.53 Å². The fraction of sp³-hybridized carbons (Fsp3) is 0.217. The first-order valence-corrected chi connectivity index (χ1v) is 9.63. The molecule has 0 bridgehead atoms. The van der Waals surface area contributed by atoms with Gasteiger partial charge in [-0.2, -0.15) is 5.26 Å². The Morgan fingerprint density at radius 3 is 2.55 bits per heavy atom. The first-order chi connectivity index (χ1) is 14.0. The third-order valence-electron chi connectivity index (χ3n) is 5.46. The highest BCUT2D eigenvalue weighted by Gasteiger charge is 2.41. The third kappa shape index (κ3) is 3.37. The van der Waals surface area contributed by atoms with Crippen LogP contribution < -0.4 is 10.5 Å². The number of rotatable bonds is 3. The van der Waals surface area contributed by atoms with Gasteiger partial charge in [-0.05, 0) is 35.2 Å². The molecule has 0 radical (unpaired) electrons. The molecule has 0 spiro atoms. The highest BCUT2D eigenvalue weighted by molar-refractivity contribution is 6.31. The second kappa shape index (κ2) is 7.65. The number of ketones is 1. The number of carbonyl (C=O) groups excluding carboxylic acids is 1. The average Bonchev–Trinajstić information content (AvgIpc) is 2.73. The normalized spacial score (nSPS) is 21.3. The minimum atomic E-state index is -0.547. The predicted molar refractivity (Wildman–Crippen MR) is 109 cm³/mol. The lowest BCUT2D eigenvalue weighted by molar-refractivity contribution is -0.117. The zero-order valence-corrected chi connectivity index (χ0v) is 16.6. The molecule has 2 aromatic carbocycles. The monoisotopic (exact) mass is 406 g/mol. The van der Waals surface area contributed by atoms with E-state index in [-0.39, 0.29) is 23.2 Å². The van der Waals surface area contributed by atoms with Gasteiger partial charge in [0.2, 0.25) is 5.88 Å². The van der Waals surface area contributed by atoms with E-state index in [9.17, 15) is 10.1 Å². The van der Waals surface area contributed by atoms with E-state index in [4.69, 9.17) is 26.8 Å². The zero-order chi connectivity index (χ0) is 20.5. The smallest absolute Gasteiger partial charge is 0.205 e. The molecule has 0 fully saturated rings. The van der Waals surface area contributed by atoms with E-state index in [0.717, 1.165) is 11.1 Å². The number of allylic oxidation sites excluding steroid dienone is 3. The Bertz CT molecular complexity index is 1080. The number of Topliss-reactive ketones (excluding diaryl/α,β-unsaturated/α-hetero) is 1. The second-order valence-electron chi connectivity index (χ2n) is 7.08. The maximum absolute atomic E-state index is 13.2. The summed E-state index contributed by atoms with van der Waals surface area (Å²) in [6.07, 6.45) is 0.800. The quantitative estimate of drug-likeness (QED) is 0.807. The molecule has 1 heterocycles. The summed E-state index contributed by atoms with van der Waals surface area (Å²) in [5.41, 5.74) is 8.54. The van der Waals surface area contributed by atoms with Crippen molar-refractivity contribution in [3.63, 3.8) is 0 Å². The fourth-order valence-electron chi connectivity index (χ4n) is 4.06. The largest absolute Gasteiger partial charge is 0.497 e. The van der Waals surface area contributed by atoms with Crippen molar-refractivity contribution in [3.05, 3.63) is 87.5 Å². The number of hydrogen-bond donors (Lipinski definition) is 1. The van der Waals surface area contributed by atoms with Crippen molar-refractivity contribution >= 4 is 17.4 Å². The molecular weight excluding hydrogens is 388 g/mol. The van der Waals surface area contributed by atoms with Gasteiger partial charge in [0.25, 0.3) is 0 Å². The van der Waals surface area contributed by atoms with E-state index in [1.165, 1.54) is 0 Å². The van der Waals surface area contributed by atoms with Crippen LogP contribution in [0.15, 0.2) is 71.3 Å². The molecule has 0 saturated heterocycles. The summed E-state index contributed by atoms with van der Waals surface area (Å²) >= 11 is 6.35. The van der Waals surface area contributed by atoms with E-state index in [1.807, 2.05) is 36.4 Å². The second-order valence-corrected chi connectivity index (χ2v) is 7.49. The molecule has 2 N–H and O–H groups in total.